The zero-order valence-corrected chi connectivity index (χ0v) is 11.6. The molecule has 0 aromatic heterocycles. The van der Waals surface area contributed by atoms with Crippen LogP contribution in [0.1, 0.15) is 21.5 Å². The minimum absolute atomic E-state index is 0.197. The first-order valence-corrected chi connectivity index (χ1v) is 6.14. The van der Waals surface area contributed by atoms with E-state index in [1.54, 1.807) is 31.2 Å². The number of aromatic carboxylic acids is 1. The molecule has 5 heteroatoms. The van der Waals surface area contributed by atoms with E-state index >= 15 is 0 Å². The van der Waals surface area contributed by atoms with Gasteiger partial charge in [-0.25, -0.2) is 4.79 Å². The van der Waals surface area contributed by atoms with Crippen molar-refractivity contribution in [3.63, 3.8) is 0 Å². The molecule has 0 saturated carbocycles. The van der Waals surface area contributed by atoms with E-state index in [4.69, 9.17) is 19.8 Å². The van der Waals surface area contributed by atoms with Gasteiger partial charge in [-0.2, -0.15) is 5.26 Å². The number of ether oxygens (including phenoxy) is 2. The summed E-state index contributed by atoms with van der Waals surface area (Å²) >= 11 is 0. The van der Waals surface area contributed by atoms with E-state index in [2.05, 4.69) is 0 Å². The van der Waals surface area contributed by atoms with Crippen molar-refractivity contribution in [2.45, 2.75) is 6.92 Å². The van der Waals surface area contributed by atoms with Gasteiger partial charge in [-0.1, -0.05) is 0 Å². The number of benzene rings is 2. The van der Waals surface area contributed by atoms with Crippen LogP contribution in [0.5, 0.6) is 17.2 Å². The van der Waals surface area contributed by atoms with Crippen LogP contribution in [0.2, 0.25) is 0 Å². The van der Waals surface area contributed by atoms with Gasteiger partial charge in [0.05, 0.1) is 24.3 Å². The Morgan fingerprint density at radius 1 is 1.19 bits per heavy atom. The van der Waals surface area contributed by atoms with Crippen molar-refractivity contribution in [3.05, 3.63) is 53.1 Å². The Kier molecular flexibility index (Phi) is 4.10. The molecule has 0 aliphatic heterocycles. The fraction of sp³-hybridized carbons (Fsp3) is 0.125. The van der Waals surface area contributed by atoms with Crippen molar-refractivity contribution in [2.75, 3.05) is 7.11 Å². The summed E-state index contributed by atoms with van der Waals surface area (Å²) in [5, 5.41) is 17.9. The van der Waals surface area contributed by atoms with Gasteiger partial charge in [0.15, 0.2) is 0 Å². The van der Waals surface area contributed by atoms with E-state index in [0.717, 1.165) is 0 Å². The molecule has 0 unspecified atom stereocenters. The highest BCUT2D eigenvalue weighted by Gasteiger charge is 2.09. The first kappa shape index (κ1) is 14.4. The number of methoxy groups -OCH3 is 1. The monoisotopic (exact) mass is 283 g/mol. The van der Waals surface area contributed by atoms with Gasteiger partial charge >= 0.3 is 5.97 Å². The Bertz CT molecular complexity index is 732. The molecule has 2 aromatic carbocycles. The van der Waals surface area contributed by atoms with Gasteiger partial charge in [0.25, 0.3) is 0 Å². The molecular weight excluding hydrogens is 270 g/mol. The summed E-state index contributed by atoms with van der Waals surface area (Å²) in [7, 11) is 1.51. The number of rotatable bonds is 4. The highest BCUT2D eigenvalue weighted by atomic mass is 16.5. The van der Waals surface area contributed by atoms with E-state index in [0.29, 0.717) is 28.4 Å². The number of aryl methyl sites for hydroxylation is 1. The highest BCUT2D eigenvalue weighted by Crippen LogP contribution is 2.29. The Labute approximate surface area is 122 Å². The summed E-state index contributed by atoms with van der Waals surface area (Å²) in [5.74, 6) is 0.510. The zero-order chi connectivity index (χ0) is 15.4. The van der Waals surface area contributed by atoms with Gasteiger partial charge in [0.2, 0.25) is 0 Å². The van der Waals surface area contributed by atoms with Crippen LogP contribution in [-0.4, -0.2) is 18.2 Å². The molecule has 0 heterocycles. The second-order valence-electron chi connectivity index (χ2n) is 4.40. The van der Waals surface area contributed by atoms with Gasteiger partial charge < -0.3 is 14.6 Å². The van der Waals surface area contributed by atoms with Crippen molar-refractivity contribution in [3.8, 4) is 23.3 Å². The molecule has 21 heavy (non-hydrogen) atoms. The van der Waals surface area contributed by atoms with Crippen molar-refractivity contribution in [1.82, 2.24) is 0 Å². The van der Waals surface area contributed by atoms with Crippen LogP contribution in [0.15, 0.2) is 36.4 Å². The van der Waals surface area contributed by atoms with Crippen molar-refractivity contribution < 1.29 is 19.4 Å². The SMILES string of the molecule is COc1cc(C#N)cc(Oc2ccc(C(=O)O)cc2C)c1. The van der Waals surface area contributed by atoms with Gasteiger partial charge in [0, 0.05) is 6.07 Å². The molecule has 0 aliphatic carbocycles. The molecule has 2 rings (SSSR count). The Morgan fingerprint density at radius 2 is 1.90 bits per heavy atom. The number of hydrogen-bond donors (Lipinski definition) is 1. The summed E-state index contributed by atoms with van der Waals surface area (Å²) < 4.78 is 10.8. The average Bonchev–Trinajstić information content (AvgIpc) is 2.48. The maximum absolute atomic E-state index is 10.9. The van der Waals surface area contributed by atoms with Crippen LogP contribution in [0.25, 0.3) is 0 Å². The van der Waals surface area contributed by atoms with Gasteiger partial charge in [-0.05, 0) is 42.8 Å². The second-order valence-corrected chi connectivity index (χ2v) is 4.40. The van der Waals surface area contributed by atoms with Gasteiger partial charge in [-0.3, -0.25) is 0 Å². The molecular formula is C16H13NO4. The highest BCUT2D eigenvalue weighted by molar-refractivity contribution is 5.88. The third-order valence-electron chi connectivity index (χ3n) is 2.89. The summed E-state index contributed by atoms with van der Waals surface area (Å²) in [6, 6.07) is 11.5. The van der Waals surface area contributed by atoms with E-state index in [-0.39, 0.29) is 5.56 Å². The lowest BCUT2D eigenvalue weighted by molar-refractivity contribution is 0.0697. The number of carbonyl (C=O) groups is 1. The quantitative estimate of drug-likeness (QED) is 0.930. The van der Waals surface area contributed by atoms with E-state index < -0.39 is 5.97 Å². The molecule has 2 aromatic rings. The predicted molar refractivity (Wildman–Crippen MR) is 75.9 cm³/mol. The number of carboxylic acids is 1. The maximum atomic E-state index is 10.9. The fourth-order valence-electron chi connectivity index (χ4n) is 1.84. The molecule has 0 atom stereocenters. The minimum Gasteiger partial charge on any atom is -0.497 e. The molecule has 0 fully saturated rings. The van der Waals surface area contributed by atoms with Crippen LogP contribution in [0.4, 0.5) is 0 Å². The van der Waals surface area contributed by atoms with Crippen LogP contribution >= 0.6 is 0 Å². The van der Waals surface area contributed by atoms with Crippen molar-refractivity contribution >= 4 is 5.97 Å². The Morgan fingerprint density at radius 3 is 2.48 bits per heavy atom. The summed E-state index contributed by atoms with van der Waals surface area (Å²) in [6.07, 6.45) is 0. The molecule has 0 spiro atoms. The van der Waals surface area contributed by atoms with Crippen molar-refractivity contribution in [2.24, 2.45) is 0 Å². The third-order valence-corrected chi connectivity index (χ3v) is 2.89. The van der Waals surface area contributed by atoms with E-state index in [9.17, 15) is 4.79 Å². The molecule has 0 amide bonds. The van der Waals surface area contributed by atoms with E-state index in [1.165, 1.54) is 19.2 Å². The number of hydrogen-bond acceptors (Lipinski definition) is 4. The summed E-state index contributed by atoms with van der Waals surface area (Å²) in [5.41, 5.74) is 1.31. The smallest absolute Gasteiger partial charge is 0.335 e. The molecule has 0 aliphatic rings. The Hall–Kier alpha value is -3.00. The molecule has 106 valence electrons. The molecule has 5 nitrogen and oxygen atoms in total. The van der Waals surface area contributed by atoms with E-state index in [1.807, 2.05) is 6.07 Å². The van der Waals surface area contributed by atoms with Gasteiger partial charge in [-0.15, -0.1) is 0 Å². The van der Waals surface area contributed by atoms with Crippen molar-refractivity contribution in [1.29, 1.82) is 5.26 Å². The largest absolute Gasteiger partial charge is 0.497 e. The summed E-state index contributed by atoms with van der Waals surface area (Å²) in [6.45, 7) is 1.76. The zero-order valence-electron chi connectivity index (χ0n) is 11.6. The van der Waals surface area contributed by atoms with Crippen LogP contribution in [-0.2, 0) is 0 Å². The van der Waals surface area contributed by atoms with Crippen LogP contribution in [0, 0.1) is 18.3 Å². The van der Waals surface area contributed by atoms with Crippen LogP contribution in [0.3, 0.4) is 0 Å². The normalized spacial score (nSPS) is 9.76. The first-order valence-electron chi connectivity index (χ1n) is 6.14. The molecule has 0 bridgehead atoms. The standard InChI is InChI=1S/C16H13NO4/c1-10-5-12(16(18)19)3-4-15(10)21-14-7-11(9-17)6-13(8-14)20-2/h3-8H,1-2H3,(H,18,19). The third kappa shape index (κ3) is 3.31. The van der Waals surface area contributed by atoms with Crippen LogP contribution < -0.4 is 9.47 Å². The average molecular weight is 283 g/mol. The predicted octanol–water partition coefficient (Wildman–Crippen LogP) is 3.37. The molecule has 0 radical (unpaired) electrons. The van der Waals surface area contributed by atoms with Gasteiger partial charge in [0.1, 0.15) is 17.2 Å². The molecule has 0 saturated heterocycles. The fourth-order valence-corrected chi connectivity index (χ4v) is 1.84. The lowest BCUT2D eigenvalue weighted by Gasteiger charge is -2.11. The minimum atomic E-state index is -0.988. The number of carboxylic acid groups (broad SMARTS) is 1. The lowest BCUT2D eigenvalue weighted by Crippen LogP contribution is -1.97. The first-order chi connectivity index (χ1) is 10.0. The topological polar surface area (TPSA) is 79.5 Å². The second kappa shape index (κ2) is 5.97. The summed E-state index contributed by atoms with van der Waals surface area (Å²) in [4.78, 5) is 10.9. The maximum Gasteiger partial charge on any atom is 0.335 e. The lowest BCUT2D eigenvalue weighted by atomic mass is 10.1. The Balaban J connectivity index is 2.34. The number of nitriles is 1. The molecule has 1 N–H and O–H groups in total. The number of nitrogens with zero attached hydrogens (tertiary/aromatic N) is 1.